The van der Waals surface area contributed by atoms with Crippen LogP contribution in [0.5, 0.6) is 0 Å². The molecule has 2 unspecified atom stereocenters. The molecule has 5 nitrogen and oxygen atoms in total. The van der Waals surface area contributed by atoms with Crippen LogP contribution in [0, 0.1) is 11.8 Å². The van der Waals surface area contributed by atoms with Crippen molar-refractivity contribution in [1.29, 1.82) is 0 Å². The summed E-state index contributed by atoms with van der Waals surface area (Å²) < 4.78 is 0. The Hall–Kier alpha value is -2.40. The van der Waals surface area contributed by atoms with E-state index in [9.17, 15) is 4.79 Å². The Balaban J connectivity index is 1.42. The lowest BCUT2D eigenvalue weighted by Crippen LogP contribution is -2.42. The molecule has 1 fully saturated rings. The van der Waals surface area contributed by atoms with Gasteiger partial charge in [0.25, 0.3) is 5.91 Å². The summed E-state index contributed by atoms with van der Waals surface area (Å²) >= 11 is 0. The van der Waals surface area contributed by atoms with Crippen molar-refractivity contribution in [2.24, 2.45) is 11.8 Å². The maximum atomic E-state index is 12.5. The SMILES string of the molecule is CC1CC(C)CN(CCNC(=O)c2cc3ccc4cccnc4c3[nH]2)C1. The minimum atomic E-state index is -0.0524. The van der Waals surface area contributed by atoms with Gasteiger partial charge in [0.15, 0.2) is 0 Å². The molecule has 1 aliphatic heterocycles. The Kier molecular flexibility index (Phi) is 4.64. The largest absolute Gasteiger partial charge is 0.349 e. The third-order valence-electron chi connectivity index (χ3n) is 5.27. The summed E-state index contributed by atoms with van der Waals surface area (Å²) in [6, 6.07) is 9.93. The number of piperidine rings is 1. The molecular weight excluding hydrogens is 324 g/mol. The van der Waals surface area contributed by atoms with Gasteiger partial charge >= 0.3 is 0 Å². The zero-order chi connectivity index (χ0) is 18.1. The summed E-state index contributed by atoms with van der Waals surface area (Å²) in [5, 5.41) is 5.14. The standard InChI is InChI=1S/C21H26N4O/c1-14-10-15(2)13-25(12-14)9-8-23-21(26)18-11-17-6-5-16-4-3-7-22-19(16)20(17)24-18/h3-7,11,14-15,24H,8-10,12-13H2,1-2H3,(H,23,26). The number of fused-ring (bicyclic) bond motifs is 3. The van der Waals surface area contributed by atoms with E-state index < -0.39 is 0 Å². The number of aromatic nitrogens is 2. The van der Waals surface area contributed by atoms with Crippen LogP contribution < -0.4 is 5.32 Å². The van der Waals surface area contributed by atoms with Crippen LogP contribution in [-0.2, 0) is 0 Å². The van der Waals surface area contributed by atoms with Crippen LogP contribution >= 0.6 is 0 Å². The average Bonchev–Trinajstić information content (AvgIpc) is 3.06. The van der Waals surface area contributed by atoms with Crippen LogP contribution in [-0.4, -0.2) is 47.0 Å². The molecule has 4 rings (SSSR count). The molecule has 26 heavy (non-hydrogen) atoms. The van der Waals surface area contributed by atoms with Gasteiger partial charge in [0.05, 0.1) is 11.0 Å². The van der Waals surface area contributed by atoms with Crippen molar-refractivity contribution >= 4 is 27.7 Å². The molecule has 2 aromatic heterocycles. The summed E-state index contributed by atoms with van der Waals surface area (Å²) in [7, 11) is 0. The van der Waals surface area contributed by atoms with Gasteiger partial charge < -0.3 is 15.2 Å². The predicted molar refractivity (Wildman–Crippen MR) is 105 cm³/mol. The fraction of sp³-hybridized carbons (Fsp3) is 0.429. The number of carbonyl (C=O) groups excluding carboxylic acids is 1. The second-order valence-electron chi connectivity index (χ2n) is 7.75. The summed E-state index contributed by atoms with van der Waals surface area (Å²) in [6.07, 6.45) is 3.09. The minimum Gasteiger partial charge on any atom is -0.349 e. The van der Waals surface area contributed by atoms with E-state index >= 15 is 0 Å². The van der Waals surface area contributed by atoms with E-state index in [1.165, 1.54) is 6.42 Å². The fourth-order valence-corrected chi connectivity index (χ4v) is 4.26. The van der Waals surface area contributed by atoms with E-state index in [2.05, 4.69) is 34.0 Å². The topological polar surface area (TPSA) is 61.0 Å². The Morgan fingerprint density at radius 3 is 2.81 bits per heavy atom. The maximum absolute atomic E-state index is 12.5. The molecule has 3 aromatic rings. The van der Waals surface area contributed by atoms with E-state index in [0.29, 0.717) is 12.2 Å². The van der Waals surface area contributed by atoms with Crippen molar-refractivity contribution in [2.75, 3.05) is 26.2 Å². The number of likely N-dealkylation sites (tertiary alicyclic amines) is 1. The van der Waals surface area contributed by atoms with Crippen LogP contribution in [0.4, 0.5) is 0 Å². The lowest BCUT2D eigenvalue weighted by atomic mass is 9.92. The summed E-state index contributed by atoms with van der Waals surface area (Å²) in [5.74, 6) is 1.43. The van der Waals surface area contributed by atoms with Crippen molar-refractivity contribution in [3.05, 3.63) is 42.2 Å². The first kappa shape index (κ1) is 17.0. The molecule has 0 aliphatic carbocycles. The van der Waals surface area contributed by atoms with Crippen LogP contribution in [0.15, 0.2) is 36.5 Å². The third-order valence-corrected chi connectivity index (χ3v) is 5.27. The van der Waals surface area contributed by atoms with Crippen molar-refractivity contribution in [2.45, 2.75) is 20.3 Å². The third kappa shape index (κ3) is 3.44. The van der Waals surface area contributed by atoms with Crippen molar-refractivity contribution in [3.8, 4) is 0 Å². The van der Waals surface area contributed by atoms with Gasteiger partial charge in [-0.05, 0) is 30.4 Å². The van der Waals surface area contributed by atoms with Crippen LogP contribution in [0.1, 0.15) is 30.8 Å². The van der Waals surface area contributed by atoms with E-state index in [4.69, 9.17) is 0 Å². The number of benzene rings is 1. The van der Waals surface area contributed by atoms with Gasteiger partial charge in [0, 0.05) is 43.1 Å². The Morgan fingerprint density at radius 2 is 2.00 bits per heavy atom. The zero-order valence-electron chi connectivity index (χ0n) is 15.5. The molecule has 0 spiro atoms. The number of amides is 1. The highest BCUT2D eigenvalue weighted by Gasteiger charge is 2.21. The van der Waals surface area contributed by atoms with E-state index in [1.54, 1.807) is 6.20 Å². The van der Waals surface area contributed by atoms with Gasteiger partial charge in [0.2, 0.25) is 0 Å². The van der Waals surface area contributed by atoms with Gasteiger partial charge in [-0.25, -0.2) is 0 Å². The van der Waals surface area contributed by atoms with Crippen molar-refractivity contribution in [1.82, 2.24) is 20.2 Å². The highest BCUT2D eigenvalue weighted by Crippen LogP contribution is 2.24. The minimum absolute atomic E-state index is 0.0524. The van der Waals surface area contributed by atoms with Crippen LogP contribution in [0.25, 0.3) is 21.8 Å². The first-order valence-corrected chi connectivity index (χ1v) is 9.47. The van der Waals surface area contributed by atoms with E-state index in [1.807, 2.05) is 30.3 Å². The number of H-pyrrole nitrogens is 1. The highest BCUT2D eigenvalue weighted by molar-refractivity contribution is 6.07. The number of nitrogens with one attached hydrogen (secondary N) is 2. The first-order valence-electron chi connectivity index (χ1n) is 9.47. The second kappa shape index (κ2) is 7.08. The lowest BCUT2D eigenvalue weighted by molar-refractivity contribution is 0.0932. The zero-order valence-corrected chi connectivity index (χ0v) is 15.5. The number of rotatable bonds is 4. The molecule has 0 bridgehead atoms. The maximum Gasteiger partial charge on any atom is 0.267 e. The molecule has 0 saturated carbocycles. The summed E-state index contributed by atoms with van der Waals surface area (Å²) in [4.78, 5) is 22.7. The monoisotopic (exact) mass is 350 g/mol. The molecule has 1 aliphatic rings. The smallest absolute Gasteiger partial charge is 0.267 e. The molecule has 2 N–H and O–H groups in total. The Morgan fingerprint density at radius 1 is 1.23 bits per heavy atom. The van der Waals surface area contributed by atoms with Crippen molar-refractivity contribution in [3.63, 3.8) is 0 Å². The molecule has 0 radical (unpaired) electrons. The molecule has 1 amide bonds. The Bertz CT molecular complexity index is 922. The lowest BCUT2D eigenvalue weighted by Gasteiger charge is -2.34. The predicted octanol–water partition coefficient (Wildman–Crippen LogP) is 3.42. The summed E-state index contributed by atoms with van der Waals surface area (Å²) in [6.45, 7) is 8.46. The number of nitrogens with zero attached hydrogens (tertiary/aromatic N) is 2. The normalized spacial score (nSPS) is 21.3. The number of hydrogen-bond donors (Lipinski definition) is 2. The van der Waals surface area contributed by atoms with E-state index in [-0.39, 0.29) is 5.91 Å². The molecular formula is C21H26N4O. The second-order valence-corrected chi connectivity index (χ2v) is 7.75. The van der Waals surface area contributed by atoms with Gasteiger partial charge in [-0.1, -0.05) is 32.0 Å². The van der Waals surface area contributed by atoms with Gasteiger partial charge in [-0.15, -0.1) is 0 Å². The molecule has 2 atom stereocenters. The molecule has 5 heteroatoms. The quantitative estimate of drug-likeness (QED) is 0.758. The number of hydrogen-bond acceptors (Lipinski definition) is 3. The molecule has 3 heterocycles. The summed E-state index contributed by atoms with van der Waals surface area (Å²) in [5.41, 5.74) is 2.42. The number of aromatic amines is 1. The van der Waals surface area contributed by atoms with Crippen LogP contribution in [0.2, 0.25) is 0 Å². The molecule has 1 saturated heterocycles. The van der Waals surface area contributed by atoms with Gasteiger partial charge in [0.1, 0.15) is 5.69 Å². The molecule has 136 valence electrons. The van der Waals surface area contributed by atoms with Crippen LogP contribution in [0.3, 0.4) is 0 Å². The van der Waals surface area contributed by atoms with E-state index in [0.717, 1.165) is 53.3 Å². The number of pyridine rings is 1. The highest BCUT2D eigenvalue weighted by atomic mass is 16.1. The number of carbonyl (C=O) groups is 1. The molecule has 1 aromatic carbocycles. The van der Waals surface area contributed by atoms with Gasteiger partial charge in [-0.2, -0.15) is 0 Å². The van der Waals surface area contributed by atoms with Gasteiger partial charge in [-0.3, -0.25) is 9.78 Å². The van der Waals surface area contributed by atoms with Crippen molar-refractivity contribution < 1.29 is 4.79 Å². The first-order chi connectivity index (χ1) is 12.6. The fourth-order valence-electron chi connectivity index (χ4n) is 4.26. The average molecular weight is 350 g/mol. The Labute approximate surface area is 153 Å².